The molecule has 5 rings (SSSR count). The molecule has 36 heavy (non-hydrogen) atoms. The number of ether oxygens (including phenoxy) is 1. The van der Waals surface area contributed by atoms with Crippen molar-refractivity contribution in [3.05, 3.63) is 101 Å². The van der Waals surface area contributed by atoms with Gasteiger partial charge >= 0.3 is 0 Å². The van der Waals surface area contributed by atoms with E-state index in [9.17, 15) is 4.79 Å². The smallest absolute Gasteiger partial charge is 0.275 e. The molecule has 9 heteroatoms. The molecule has 180 valence electrons. The molecule has 2 aromatic heterocycles. The van der Waals surface area contributed by atoms with E-state index in [0.717, 1.165) is 44.2 Å². The lowest BCUT2D eigenvalue weighted by molar-refractivity contribution is 0.102. The maximum Gasteiger partial charge on any atom is 0.275 e. The zero-order chi connectivity index (χ0) is 24.9. The molecule has 0 bridgehead atoms. The van der Waals surface area contributed by atoms with E-state index in [2.05, 4.69) is 20.5 Å². The van der Waals surface area contributed by atoms with Gasteiger partial charge in [-0.1, -0.05) is 59.8 Å². The lowest BCUT2D eigenvalue weighted by Gasteiger charge is -2.10. The first-order chi connectivity index (χ1) is 17.6. The Kier molecular flexibility index (Phi) is 7.11. The van der Waals surface area contributed by atoms with E-state index in [1.807, 2.05) is 90.4 Å². The molecule has 1 N–H and O–H groups in total. The van der Waals surface area contributed by atoms with Crippen molar-refractivity contribution in [1.82, 2.24) is 19.7 Å². The monoisotopic (exact) mass is 513 g/mol. The first-order valence-electron chi connectivity index (χ1n) is 11.2. The number of methoxy groups -OCH3 is 1. The van der Waals surface area contributed by atoms with Crippen molar-refractivity contribution in [3.8, 4) is 22.8 Å². The Hall–Kier alpha value is -3.95. The number of amides is 1. The van der Waals surface area contributed by atoms with Gasteiger partial charge in [0.15, 0.2) is 11.0 Å². The van der Waals surface area contributed by atoms with Crippen LogP contribution in [0.5, 0.6) is 5.75 Å². The lowest BCUT2D eigenvalue weighted by Crippen LogP contribution is -2.12. The van der Waals surface area contributed by atoms with Crippen LogP contribution in [0, 0.1) is 6.92 Å². The molecule has 0 spiro atoms. The highest BCUT2D eigenvalue weighted by atomic mass is 32.2. The molecule has 5 aromatic rings. The molecule has 0 unspecified atom stereocenters. The highest BCUT2D eigenvalue weighted by Crippen LogP contribution is 2.31. The fourth-order valence-corrected chi connectivity index (χ4v) is 5.31. The Balaban J connectivity index is 1.36. The second kappa shape index (κ2) is 10.8. The number of benzene rings is 3. The third kappa shape index (κ3) is 5.32. The fraction of sp³-hybridized carbons (Fsp3) is 0.111. The third-order valence-corrected chi connectivity index (χ3v) is 7.37. The van der Waals surface area contributed by atoms with Gasteiger partial charge in [-0.15, -0.1) is 21.5 Å². The normalized spacial score (nSPS) is 10.8. The summed E-state index contributed by atoms with van der Waals surface area (Å²) in [6.45, 7) is 2.01. The summed E-state index contributed by atoms with van der Waals surface area (Å²) in [4.78, 5) is 17.2. The Bertz CT molecular complexity index is 1480. The number of carbonyl (C=O) groups excluding carboxylic acids is 1. The Morgan fingerprint density at radius 3 is 2.61 bits per heavy atom. The number of hydrogen-bond acceptors (Lipinski definition) is 7. The van der Waals surface area contributed by atoms with E-state index in [-0.39, 0.29) is 5.91 Å². The number of aryl methyl sites for hydroxylation is 1. The summed E-state index contributed by atoms with van der Waals surface area (Å²) in [6.07, 6.45) is 0. The number of anilines is 1. The summed E-state index contributed by atoms with van der Waals surface area (Å²) in [6, 6.07) is 25.4. The average molecular weight is 514 g/mol. The highest BCUT2D eigenvalue weighted by molar-refractivity contribution is 7.98. The van der Waals surface area contributed by atoms with Crippen LogP contribution < -0.4 is 10.1 Å². The standard InChI is InChI=1S/C27H23N5O2S2/c1-18-11-13-20(14-12-18)28-26(33)23-16-35-24(29-23)17-36-27-31-30-25(19-7-6-10-22(15-19)34-2)32(27)21-8-4-3-5-9-21/h3-16H,17H2,1-2H3,(H,28,33). The van der Waals surface area contributed by atoms with Crippen LogP contribution >= 0.6 is 23.1 Å². The van der Waals surface area contributed by atoms with E-state index in [1.54, 1.807) is 12.5 Å². The highest BCUT2D eigenvalue weighted by Gasteiger charge is 2.18. The minimum atomic E-state index is -0.223. The Morgan fingerprint density at radius 2 is 1.83 bits per heavy atom. The van der Waals surface area contributed by atoms with Crippen LogP contribution in [0.4, 0.5) is 5.69 Å². The van der Waals surface area contributed by atoms with Gasteiger partial charge in [0.25, 0.3) is 5.91 Å². The molecular formula is C27H23N5O2S2. The van der Waals surface area contributed by atoms with E-state index in [4.69, 9.17) is 4.74 Å². The number of thiazole rings is 1. The average Bonchev–Trinajstić information content (AvgIpc) is 3.57. The van der Waals surface area contributed by atoms with E-state index in [0.29, 0.717) is 11.4 Å². The summed E-state index contributed by atoms with van der Waals surface area (Å²) in [5, 5.41) is 15.2. The number of para-hydroxylation sites is 1. The zero-order valence-corrected chi connectivity index (χ0v) is 21.3. The van der Waals surface area contributed by atoms with Gasteiger partial charge in [0.05, 0.1) is 12.9 Å². The number of carbonyl (C=O) groups is 1. The van der Waals surface area contributed by atoms with Gasteiger partial charge in [-0.2, -0.15) is 0 Å². The van der Waals surface area contributed by atoms with Crippen molar-refractivity contribution in [2.75, 3.05) is 12.4 Å². The van der Waals surface area contributed by atoms with Gasteiger partial charge in [0, 0.05) is 22.3 Å². The molecule has 0 aliphatic heterocycles. The van der Waals surface area contributed by atoms with Crippen LogP contribution in [-0.4, -0.2) is 32.8 Å². The number of thioether (sulfide) groups is 1. The number of nitrogens with one attached hydrogen (secondary N) is 1. The minimum absolute atomic E-state index is 0.223. The Morgan fingerprint density at radius 1 is 1.03 bits per heavy atom. The predicted octanol–water partition coefficient (Wildman–Crippen LogP) is 6.25. The predicted molar refractivity (Wildman–Crippen MR) is 144 cm³/mol. The molecule has 7 nitrogen and oxygen atoms in total. The SMILES string of the molecule is COc1cccc(-c2nnc(SCc3nc(C(=O)Nc4ccc(C)cc4)cs3)n2-c2ccccc2)c1. The van der Waals surface area contributed by atoms with Crippen LogP contribution in [0.3, 0.4) is 0 Å². The quantitative estimate of drug-likeness (QED) is 0.247. The van der Waals surface area contributed by atoms with Gasteiger partial charge in [-0.05, 0) is 43.3 Å². The van der Waals surface area contributed by atoms with Crippen molar-refractivity contribution >= 4 is 34.7 Å². The van der Waals surface area contributed by atoms with Gasteiger partial charge < -0.3 is 10.1 Å². The number of rotatable bonds is 8. The Labute approximate surface area is 217 Å². The van der Waals surface area contributed by atoms with Crippen molar-refractivity contribution < 1.29 is 9.53 Å². The maximum atomic E-state index is 12.6. The minimum Gasteiger partial charge on any atom is -0.497 e. The van der Waals surface area contributed by atoms with Crippen LogP contribution in [0.15, 0.2) is 89.4 Å². The molecule has 0 aliphatic carbocycles. The molecule has 0 atom stereocenters. The molecular weight excluding hydrogens is 490 g/mol. The van der Waals surface area contributed by atoms with E-state index < -0.39 is 0 Å². The second-order valence-corrected chi connectivity index (χ2v) is 9.83. The summed E-state index contributed by atoms with van der Waals surface area (Å²) < 4.78 is 7.42. The van der Waals surface area contributed by atoms with Crippen LogP contribution in [-0.2, 0) is 5.75 Å². The summed E-state index contributed by atoms with van der Waals surface area (Å²) in [5.74, 6) is 1.81. The molecule has 0 saturated heterocycles. The molecule has 0 aliphatic rings. The first-order valence-corrected chi connectivity index (χ1v) is 13.1. The fourth-order valence-electron chi connectivity index (χ4n) is 3.56. The number of aromatic nitrogens is 4. The lowest BCUT2D eigenvalue weighted by atomic mass is 10.2. The number of hydrogen-bond donors (Lipinski definition) is 1. The van der Waals surface area contributed by atoms with Crippen molar-refractivity contribution in [2.24, 2.45) is 0 Å². The molecule has 2 heterocycles. The molecule has 0 saturated carbocycles. The van der Waals surface area contributed by atoms with Crippen molar-refractivity contribution in [1.29, 1.82) is 0 Å². The molecule has 0 radical (unpaired) electrons. The second-order valence-electron chi connectivity index (χ2n) is 7.94. The van der Waals surface area contributed by atoms with Gasteiger partial charge in [-0.25, -0.2) is 4.98 Å². The molecule has 1 amide bonds. The van der Waals surface area contributed by atoms with Crippen LogP contribution in [0.1, 0.15) is 21.1 Å². The molecule has 0 fully saturated rings. The largest absolute Gasteiger partial charge is 0.497 e. The summed E-state index contributed by atoms with van der Waals surface area (Å²) in [7, 11) is 1.64. The summed E-state index contributed by atoms with van der Waals surface area (Å²) >= 11 is 2.98. The van der Waals surface area contributed by atoms with Gasteiger partial charge in [0.2, 0.25) is 0 Å². The zero-order valence-electron chi connectivity index (χ0n) is 19.7. The topological polar surface area (TPSA) is 81.9 Å². The molecule has 3 aromatic carbocycles. The summed E-state index contributed by atoms with van der Waals surface area (Å²) in [5.41, 5.74) is 4.15. The number of nitrogens with zero attached hydrogens (tertiary/aromatic N) is 4. The van der Waals surface area contributed by atoms with Crippen LogP contribution in [0.2, 0.25) is 0 Å². The van der Waals surface area contributed by atoms with Crippen LogP contribution in [0.25, 0.3) is 17.1 Å². The maximum absolute atomic E-state index is 12.6. The van der Waals surface area contributed by atoms with Crippen molar-refractivity contribution in [3.63, 3.8) is 0 Å². The third-order valence-electron chi connectivity index (χ3n) is 5.39. The van der Waals surface area contributed by atoms with Gasteiger partial charge in [0.1, 0.15) is 16.5 Å². The van der Waals surface area contributed by atoms with E-state index >= 15 is 0 Å². The van der Waals surface area contributed by atoms with Gasteiger partial charge in [-0.3, -0.25) is 9.36 Å². The van der Waals surface area contributed by atoms with Crippen molar-refractivity contribution in [2.45, 2.75) is 17.8 Å². The first kappa shape index (κ1) is 23.8. The van der Waals surface area contributed by atoms with E-state index in [1.165, 1.54) is 23.1 Å².